The topological polar surface area (TPSA) is 35.5 Å². The van der Waals surface area contributed by atoms with Crippen molar-refractivity contribution in [1.29, 1.82) is 0 Å². The van der Waals surface area contributed by atoms with E-state index in [4.69, 9.17) is 0 Å². The lowest BCUT2D eigenvalue weighted by atomic mass is 9.96. The average molecular weight is 282 g/mol. The number of nitrogens with one attached hydrogen (secondary N) is 1. The van der Waals surface area contributed by atoms with Crippen molar-refractivity contribution >= 4 is 5.69 Å². The molecular weight excluding hydrogens is 255 g/mol. The van der Waals surface area contributed by atoms with E-state index in [-0.39, 0.29) is 18.0 Å². The summed E-state index contributed by atoms with van der Waals surface area (Å²) in [5, 5.41) is 12.9. The van der Waals surface area contributed by atoms with Crippen molar-refractivity contribution in [2.75, 3.05) is 31.6 Å². The Bertz CT molecular complexity index is 400. The second-order valence-electron chi connectivity index (χ2n) is 5.65. The fourth-order valence-electron chi connectivity index (χ4n) is 2.20. The number of aliphatic hydroxyl groups is 1. The Hall–Kier alpha value is -1.13. The number of anilines is 1. The van der Waals surface area contributed by atoms with Gasteiger partial charge in [-0.3, -0.25) is 0 Å². The van der Waals surface area contributed by atoms with Gasteiger partial charge in [0.15, 0.2) is 0 Å². The molecule has 3 nitrogen and oxygen atoms in total. The Morgan fingerprint density at radius 1 is 1.40 bits per heavy atom. The number of hydrogen-bond acceptors (Lipinski definition) is 3. The number of aliphatic hydroxyl groups excluding tert-OH is 1. The van der Waals surface area contributed by atoms with Crippen molar-refractivity contribution in [2.24, 2.45) is 0 Å². The maximum absolute atomic E-state index is 13.2. The zero-order chi connectivity index (χ0) is 15.0. The number of halogens is 1. The molecule has 0 heterocycles. The summed E-state index contributed by atoms with van der Waals surface area (Å²) in [6.45, 7) is 6.05. The summed E-state index contributed by atoms with van der Waals surface area (Å²) in [6, 6.07) is 6.63. The standard InChI is InChI=1S/C16H27FN2O/c1-4-10-18-16(2,13-20)9-6-11-19(3)15-8-5-7-14(17)12-15/h5,7-8,12,18,20H,4,6,9-11,13H2,1-3H3. The number of hydrogen-bond donors (Lipinski definition) is 2. The van der Waals surface area contributed by atoms with Crippen LogP contribution in [0.2, 0.25) is 0 Å². The van der Waals surface area contributed by atoms with Gasteiger partial charge in [0.25, 0.3) is 0 Å². The largest absolute Gasteiger partial charge is 0.394 e. The molecule has 0 aliphatic rings. The van der Waals surface area contributed by atoms with Gasteiger partial charge in [0.2, 0.25) is 0 Å². The van der Waals surface area contributed by atoms with E-state index in [9.17, 15) is 9.50 Å². The van der Waals surface area contributed by atoms with Crippen molar-refractivity contribution in [1.82, 2.24) is 5.32 Å². The van der Waals surface area contributed by atoms with Crippen molar-refractivity contribution in [2.45, 2.75) is 38.6 Å². The average Bonchev–Trinajstić information content (AvgIpc) is 2.45. The van der Waals surface area contributed by atoms with Crippen LogP contribution < -0.4 is 10.2 Å². The first-order valence-corrected chi connectivity index (χ1v) is 7.33. The van der Waals surface area contributed by atoms with E-state index in [1.807, 2.05) is 24.9 Å². The van der Waals surface area contributed by atoms with Gasteiger partial charge < -0.3 is 15.3 Å². The van der Waals surface area contributed by atoms with Crippen LogP contribution in [0, 0.1) is 5.82 Å². The predicted molar refractivity (Wildman–Crippen MR) is 82.7 cm³/mol. The minimum atomic E-state index is -0.223. The normalized spacial score (nSPS) is 14.1. The van der Waals surface area contributed by atoms with Gasteiger partial charge in [0.1, 0.15) is 5.82 Å². The fourth-order valence-corrected chi connectivity index (χ4v) is 2.20. The highest BCUT2D eigenvalue weighted by Gasteiger charge is 2.21. The molecule has 1 rings (SSSR count). The first-order chi connectivity index (χ1) is 9.50. The highest BCUT2D eigenvalue weighted by atomic mass is 19.1. The molecule has 114 valence electrons. The molecule has 1 aromatic carbocycles. The molecule has 0 bridgehead atoms. The number of benzene rings is 1. The lowest BCUT2D eigenvalue weighted by Gasteiger charge is -2.30. The molecule has 1 unspecified atom stereocenters. The van der Waals surface area contributed by atoms with Crippen molar-refractivity contribution < 1.29 is 9.50 Å². The van der Waals surface area contributed by atoms with Gasteiger partial charge in [-0.15, -0.1) is 0 Å². The molecule has 0 aromatic heterocycles. The van der Waals surface area contributed by atoms with E-state index >= 15 is 0 Å². The number of nitrogens with zero attached hydrogens (tertiary/aromatic N) is 1. The van der Waals surface area contributed by atoms with Crippen molar-refractivity contribution in [3.63, 3.8) is 0 Å². The van der Waals surface area contributed by atoms with Crippen LogP contribution in [0.3, 0.4) is 0 Å². The van der Waals surface area contributed by atoms with Crippen LogP contribution >= 0.6 is 0 Å². The van der Waals surface area contributed by atoms with Crippen LogP contribution in [-0.2, 0) is 0 Å². The summed E-state index contributed by atoms with van der Waals surface area (Å²) >= 11 is 0. The molecule has 1 aromatic rings. The van der Waals surface area contributed by atoms with E-state index in [0.29, 0.717) is 0 Å². The van der Waals surface area contributed by atoms with Crippen molar-refractivity contribution in [3.8, 4) is 0 Å². The van der Waals surface area contributed by atoms with Crippen molar-refractivity contribution in [3.05, 3.63) is 30.1 Å². The van der Waals surface area contributed by atoms with Crippen LogP contribution in [0.1, 0.15) is 33.1 Å². The fraction of sp³-hybridized carbons (Fsp3) is 0.625. The van der Waals surface area contributed by atoms with E-state index in [1.54, 1.807) is 12.1 Å². The Morgan fingerprint density at radius 2 is 2.15 bits per heavy atom. The molecule has 0 radical (unpaired) electrons. The lowest BCUT2D eigenvalue weighted by molar-refractivity contribution is 0.164. The molecule has 20 heavy (non-hydrogen) atoms. The Labute approximate surface area is 121 Å². The van der Waals surface area contributed by atoms with Gasteiger partial charge in [0.05, 0.1) is 6.61 Å². The molecule has 0 aliphatic heterocycles. The minimum Gasteiger partial charge on any atom is -0.394 e. The summed E-state index contributed by atoms with van der Waals surface area (Å²) in [7, 11) is 1.96. The third kappa shape index (κ3) is 5.47. The summed E-state index contributed by atoms with van der Waals surface area (Å²) in [4.78, 5) is 2.04. The second kappa shape index (κ2) is 8.22. The van der Waals surface area contributed by atoms with E-state index in [0.717, 1.165) is 38.0 Å². The van der Waals surface area contributed by atoms with Gasteiger partial charge in [-0.05, 0) is 50.9 Å². The van der Waals surface area contributed by atoms with Crippen LogP contribution in [-0.4, -0.2) is 37.4 Å². The molecule has 1 atom stereocenters. The molecule has 0 fully saturated rings. The summed E-state index contributed by atoms with van der Waals surface area (Å²) in [6.07, 6.45) is 2.89. The summed E-state index contributed by atoms with van der Waals surface area (Å²) in [5.41, 5.74) is 0.663. The summed E-state index contributed by atoms with van der Waals surface area (Å²) < 4.78 is 13.2. The SMILES string of the molecule is CCCNC(C)(CO)CCCN(C)c1cccc(F)c1. The van der Waals surface area contributed by atoms with Gasteiger partial charge in [-0.2, -0.15) is 0 Å². The highest BCUT2D eigenvalue weighted by molar-refractivity contribution is 5.45. The molecule has 4 heteroatoms. The van der Waals surface area contributed by atoms with E-state index < -0.39 is 0 Å². The van der Waals surface area contributed by atoms with Gasteiger partial charge in [-0.25, -0.2) is 4.39 Å². The maximum Gasteiger partial charge on any atom is 0.125 e. The van der Waals surface area contributed by atoms with Crippen LogP contribution in [0.4, 0.5) is 10.1 Å². The first kappa shape index (κ1) is 16.9. The monoisotopic (exact) mass is 282 g/mol. The van der Waals surface area contributed by atoms with Crippen LogP contribution in [0.15, 0.2) is 24.3 Å². The molecule has 0 spiro atoms. The summed E-state index contributed by atoms with van der Waals surface area (Å²) in [5.74, 6) is -0.209. The van der Waals surface area contributed by atoms with E-state index in [1.165, 1.54) is 6.07 Å². The van der Waals surface area contributed by atoms with E-state index in [2.05, 4.69) is 12.2 Å². The molecular formula is C16H27FN2O. The highest BCUT2D eigenvalue weighted by Crippen LogP contribution is 2.17. The molecule has 0 saturated carbocycles. The first-order valence-electron chi connectivity index (χ1n) is 7.33. The minimum absolute atomic E-state index is 0.136. The maximum atomic E-state index is 13.2. The van der Waals surface area contributed by atoms with Gasteiger partial charge >= 0.3 is 0 Å². The zero-order valence-electron chi connectivity index (χ0n) is 12.8. The molecule has 0 saturated heterocycles. The molecule has 0 amide bonds. The predicted octanol–water partition coefficient (Wildman–Crippen LogP) is 2.79. The quantitative estimate of drug-likeness (QED) is 0.731. The van der Waals surface area contributed by atoms with Crippen LogP contribution in [0.5, 0.6) is 0 Å². The van der Waals surface area contributed by atoms with Gasteiger partial charge in [-0.1, -0.05) is 13.0 Å². The molecule has 0 aliphatic carbocycles. The third-order valence-electron chi connectivity index (χ3n) is 3.62. The Balaban J connectivity index is 2.42. The zero-order valence-corrected chi connectivity index (χ0v) is 12.8. The second-order valence-corrected chi connectivity index (χ2v) is 5.65. The number of rotatable bonds is 9. The lowest BCUT2D eigenvalue weighted by Crippen LogP contribution is -2.46. The Kier molecular flexibility index (Phi) is 6.96. The smallest absolute Gasteiger partial charge is 0.125 e. The Morgan fingerprint density at radius 3 is 2.75 bits per heavy atom. The van der Waals surface area contributed by atoms with Gasteiger partial charge in [0, 0.05) is 24.8 Å². The molecule has 2 N–H and O–H groups in total. The van der Waals surface area contributed by atoms with Crippen LogP contribution in [0.25, 0.3) is 0 Å². The third-order valence-corrected chi connectivity index (χ3v) is 3.62.